The van der Waals surface area contributed by atoms with Gasteiger partial charge in [0.15, 0.2) is 0 Å². The average molecular weight is 619 g/mol. The Labute approximate surface area is 265 Å². The Morgan fingerprint density at radius 3 is 2.59 bits per heavy atom. The molecule has 2 aromatic carbocycles. The lowest BCUT2D eigenvalue weighted by Crippen LogP contribution is -2.56. The Hall–Kier alpha value is -3.20. The zero-order valence-electron chi connectivity index (χ0n) is 25.6. The van der Waals surface area contributed by atoms with E-state index >= 15 is 0 Å². The van der Waals surface area contributed by atoms with E-state index in [1.807, 2.05) is 43.3 Å². The summed E-state index contributed by atoms with van der Waals surface area (Å²) in [7, 11) is 0. The number of hydrogen-bond acceptors (Lipinski definition) is 5. The van der Waals surface area contributed by atoms with Gasteiger partial charge >= 0.3 is 0 Å². The lowest BCUT2D eigenvalue weighted by molar-refractivity contribution is -0.141. The first-order chi connectivity index (χ1) is 21.3. The molecule has 3 amide bonds. The molecule has 3 fully saturated rings. The van der Waals surface area contributed by atoms with Crippen LogP contribution in [0.2, 0.25) is 5.02 Å². The normalized spacial score (nSPS) is 27.6. The SMILES string of the molecule is CCN(CCCN1C(=O)[C@H]2[C@H](C(=O)Nc3ccc(C)c(Cl)c3)[C@H]3C=C[C@@]2(O3)[C@H]1C(=O)NC1CCCCC1)Cc1ccccc1. The van der Waals surface area contributed by atoms with Gasteiger partial charge in [0.05, 0.1) is 17.9 Å². The number of hydrogen-bond donors (Lipinski definition) is 2. The van der Waals surface area contributed by atoms with Gasteiger partial charge in [-0.25, -0.2) is 0 Å². The van der Waals surface area contributed by atoms with Crippen LogP contribution in [0.25, 0.3) is 0 Å². The van der Waals surface area contributed by atoms with Gasteiger partial charge in [0, 0.05) is 36.4 Å². The highest BCUT2D eigenvalue weighted by Crippen LogP contribution is 2.55. The van der Waals surface area contributed by atoms with E-state index in [-0.39, 0.29) is 23.8 Å². The van der Waals surface area contributed by atoms with E-state index < -0.39 is 29.6 Å². The molecule has 1 aliphatic carbocycles. The molecular weight excluding hydrogens is 576 g/mol. The predicted octanol–water partition coefficient (Wildman–Crippen LogP) is 5.10. The Morgan fingerprint density at radius 2 is 1.86 bits per heavy atom. The summed E-state index contributed by atoms with van der Waals surface area (Å²) in [6, 6.07) is 15.0. The Balaban J connectivity index is 1.22. The number of aryl methyl sites for hydroxylation is 1. The van der Waals surface area contributed by atoms with Gasteiger partial charge in [-0.3, -0.25) is 19.3 Å². The first-order valence-corrected chi connectivity index (χ1v) is 16.5. The van der Waals surface area contributed by atoms with Gasteiger partial charge in [0.1, 0.15) is 11.6 Å². The van der Waals surface area contributed by atoms with Crippen molar-refractivity contribution in [3.8, 4) is 0 Å². The molecule has 2 N–H and O–H groups in total. The number of carbonyl (C=O) groups excluding carboxylic acids is 3. The number of fused-ring (bicyclic) bond motifs is 1. The van der Waals surface area contributed by atoms with Crippen LogP contribution in [0.15, 0.2) is 60.7 Å². The first-order valence-electron chi connectivity index (χ1n) is 16.1. The molecule has 5 atom stereocenters. The second kappa shape index (κ2) is 13.0. The van der Waals surface area contributed by atoms with Crippen molar-refractivity contribution in [2.45, 2.75) is 82.7 Å². The third-order valence-corrected chi connectivity index (χ3v) is 10.3. The molecule has 0 unspecified atom stereocenters. The monoisotopic (exact) mass is 618 g/mol. The number of carbonyl (C=O) groups is 3. The standard InChI is InChI=1S/C35H43ClN4O4/c1-3-39(22-24-11-6-4-7-12-24)19-10-20-40-31(33(42)37-25-13-8-5-9-14-25)35-18-17-28(44-35)29(30(35)34(40)43)32(41)38-26-16-15-23(2)27(36)21-26/h4,6-7,11-12,15-18,21,25,28-31H,3,5,8-10,13-14,19-20,22H2,1-2H3,(H,37,42)(H,38,41)/t28-,29-,30-,31-,35+/m1/s1. The molecule has 3 aliphatic heterocycles. The Morgan fingerprint density at radius 1 is 1.09 bits per heavy atom. The average Bonchev–Trinajstić information content (AvgIpc) is 3.67. The predicted molar refractivity (Wildman–Crippen MR) is 171 cm³/mol. The number of benzene rings is 2. The van der Waals surface area contributed by atoms with Crippen molar-refractivity contribution in [1.82, 2.24) is 15.1 Å². The van der Waals surface area contributed by atoms with Gasteiger partial charge in [0.25, 0.3) is 0 Å². The zero-order chi connectivity index (χ0) is 30.8. The molecule has 3 heterocycles. The largest absolute Gasteiger partial charge is 0.359 e. The summed E-state index contributed by atoms with van der Waals surface area (Å²) < 4.78 is 6.52. The van der Waals surface area contributed by atoms with Crippen molar-refractivity contribution < 1.29 is 19.1 Å². The summed E-state index contributed by atoms with van der Waals surface area (Å²) in [5.41, 5.74) is 1.55. The number of likely N-dealkylation sites (tertiary alicyclic amines) is 1. The molecule has 8 nitrogen and oxygen atoms in total. The van der Waals surface area contributed by atoms with E-state index in [1.165, 1.54) is 12.0 Å². The van der Waals surface area contributed by atoms with Crippen LogP contribution in [-0.4, -0.2) is 70.9 Å². The van der Waals surface area contributed by atoms with E-state index in [0.29, 0.717) is 23.7 Å². The summed E-state index contributed by atoms with van der Waals surface area (Å²) in [5, 5.41) is 6.79. The quantitative estimate of drug-likeness (QED) is 0.342. The lowest BCUT2D eigenvalue weighted by atomic mass is 9.74. The fourth-order valence-corrected chi connectivity index (χ4v) is 7.77. The summed E-state index contributed by atoms with van der Waals surface area (Å²) in [4.78, 5) is 46.2. The molecule has 44 heavy (non-hydrogen) atoms. The van der Waals surface area contributed by atoms with Crippen LogP contribution in [0.1, 0.15) is 56.6 Å². The van der Waals surface area contributed by atoms with Crippen LogP contribution in [0.3, 0.4) is 0 Å². The second-order valence-corrected chi connectivity index (χ2v) is 13.1. The number of nitrogens with one attached hydrogen (secondary N) is 2. The van der Waals surface area contributed by atoms with Gasteiger partial charge < -0.3 is 20.3 Å². The molecule has 0 aromatic heterocycles. The minimum Gasteiger partial charge on any atom is -0.359 e. The summed E-state index contributed by atoms with van der Waals surface area (Å²) in [6.07, 6.45) is 9.11. The molecule has 2 bridgehead atoms. The van der Waals surface area contributed by atoms with E-state index in [4.69, 9.17) is 16.3 Å². The van der Waals surface area contributed by atoms with Crippen molar-refractivity contribution in [2.75, 3.05) is 25.0 Å². The number of amides is 3. The highest BCUT2D eigenvalue weighted by Gasteiger charge is 2.72. The molecule has 6 rings (SSSR count). The summed E-state index contributed by atoms with van der Waals surface area (Å²) >= 11 is 6.31. The van der Waals surface area contributed by atoms with Crippen LogP contribution >= 0.6 is 11.6 Å². The third kappa shape index (κ3) is 5.92. The maximum Gasteiger partial charge on any atom is 0.246 e. The number of anilines is 1. The fraction of sp³-hybridized carbons (Fsp3) is 0.514. The highest BCUT2D eigenvalue weighted by atomic mass is 35.5. The van der Waals surface area contributed by atoms with Crippen LogP contribution in [0.4, 0.5) is 5.69 Å². The van der Waals surface area contributed by atoms with Crippen molar-refractivity contribution in [1.29, 1.82) is 0 Å². The van der Waals surface area contributed by atoms with E-state index in [9.17, 15) is 14.4 Å². The van der Waals surface area contributed by atoms with Gasteiger partial charge in [-0.1, -0.05) is 86.3 Å². The van der Waals surface area contributed by atoms with Crippen molar-refractivity contribution >= 4 is 35.0 Å². The highest BCUT2D eigenvalue weighted by molar-refractivity contribution is 6.31. The van der Waals surface area contributed by atoms with E-state index in [2.05, 4.69) is 34.6 Å². The number of nitrogens with zero attached hydrogens (tertiary/aromatic N) is 2. The number of rotatable bonds is 11. The van der Waals surface area contributed by atoms with Crippen molar-refractivity contribution in [3.05, 3.63) is 76.8 Å². The van der Waals surface area contributed by atoms with E-state index in [1.54, 1.807) is 17.0 Å². The van der Waals surface area contributed by atoms with Gasteiger partial charge in [-0.15, -0.1) is 0 Å². The Bertz CT molecular complexity index is 1410. The zero-order valence-corrected chi connectivity index (χ0v) is 26.4. The van der Waals surface area contributed by atoms with Gasteiger partial charge in [0.2, 0.25) is 17.7 Å². The maximum atomic E-state index is 14.3. The van der Waals surface area contributed by atoms with Crippen molar-refractivity contribution in [2.24, 2.45) is 11.8 Å². The number of halogens is 1. The summed E-state index contributed by atoms with van der Waals surface area (Å²) in [6.45, 7) is 6.92. The molecule has 0 radical (unpaired) electrons. The number of ether oxygens (including phenoxy) is 1. The van der Waals surface area contributed by atoms with Gasteiger partial charge in [-0.2, -0.15) is 0 Å². The fourth-order valence-electron chi connectivity index (χ4n) is 7.59. The first kappa shape index (κ1) is 30.8. The maximum absolute atomic E-state index is 14.3. The molecular formula is C35H43ClN4O4. The second-order valence-electron chi connectivity index (χ2n) is 12.7. The van der Waals surface area contributed by atoms with Crippen LogP contribution in [0, 0.1) is 18.8 Å². The third-order valence-electron chi connectivity index (χ3n) is 9.89. The molecule has 1 spiro atoms. The molecule has 1 saturated carbocycles. The molecule has 9 heteroatoms. The molecule has 2 saturated heterocycles. The van der Waals surface area contributed by atoms with Crippen LogP contribution in [-0.2, 0) is 25.7 Å². The minimum atomic E-state index is -1.16. The smallest absolute Gasteiger partial charge is 0.246 e. The topological polar surface area (TPSA) is 91.0 Å². The Kier molecular flexibility index (Phi) is 9.13. The van der Waals surface area contributed by atoms with Gasteiger partial charge in [-0.05, 0) is 56.0 Å². The molecule has 2 aromatic rings. The van der Waals surface area contributed by atoms with E-state index in [0.717, 1.165) is 50.9 Å². The van der Waals surface area contributed by atoms with Crippen molar-refractivity contribution in [3.63, 3.8) is 0 Å². The molecule has 4 aliphatic rings. The van der Waals surface area contributed by atoms with Crippen LogP contribution in [0.5, 0.6) is 0 Å². The van der Waals surface area contributed by atoms with Crippen LogP contribution < -0.4 is 10.6 Å². The minimum absolute atomic E-state index is 0.0954. The lowest BCUT2D eigenvalue weighted by Gasteiger charge is -2.34. The molecule has 234 valence electrons. The summed E-state index contributed by atoms with van der Waals surface area (Å²) in [5.74, 6) is -2.18.